The van der Waals surface area contributed by atoms with Gasteiger partial charge in [-0.15, -0.1) is 0 Å². The minimum Gasteiger partial charge on any atom is -0.469 e. The number of nitrogens with one attached hydrogen (secondary N) is 1. The third kappa shape index (κ3) is 6.37. The van der Waals surface area contributed by atoms with Crippen LogP contribution in [0.5, 0.6) is 0 Å². The van der Waals surface area contributed by atoms with Crippen LogP contribution in [0.3, 0.4) is 0 Å². The molecule has 0 aromatic rings. The number of hydrogen-bond acceptors (Lipinski definition) is 4. The van der Waals surface area contributed by atoms with Crippen LogP contribution in [0.2, 0.25) is 0 Å². The second kappa shape index (κ2) is 8.95. The van der Waals surface area contributed by atoms with Gasteiger partial charge < -0.3 is 14.8 Å². The molecule has 0 heterocycles. The van der Waals surface area contributed by atoms with E-state index in [0.29, 0.717) is 12.5 Å². The average Bonchev–Trinajstić information content (AvgIpc) is 2.44. The first kappa shape index (κ1) is 17.0. The SMILES string of the molecule is COC(=O)C1CCC(OCC(=O)NCCC(C)C)CC1. The van der Waals surface area contributed by atoms with Gasteiger partial charge in [0.2, 0.25) is 5.91 Å². The molecule has 0 aromatic heterocycles. The van der Waals surface area contributed by atoms with Gasteiger partial charge in [-0.1, -0.05) is 13.8 Å². The van der Waals surface area contributed by atoms with Gasteiger partial charge in [0.25, 0.3) is 0 Å². The highest BCUT2D eigenvalue weighted by Crippen LogP contribution is 2.26. The third-order valence-electron chi connectivity index (χ3n) is 3.70. The monoisotopic (exact) mass is 285 g/mol. The average molecular weight is 285 g/mol. The Kier molecular flexibility index (Phi) is 7.59. The van der Waals surface area contributed by atoms with E-state index < -0.39 is 0 Å². The van der Waals surface area contributed by atoms with E-state index in [1.807, 2.05) is 0 Å². The number of rotatable bonds is 7. The number of carbonyl (C=O) groups excluding carboxylic acids is 2. The lowest BCUT2D eigenvalue weighted by atomic mass is 9.87. The van der Waals surface area contributed by atoms with Gasteiger partial charge in [0.1, 0.15) is 6.61 Å². The van der Waals surface area contributed by atoms with Gasteiger partial charge in [0.15, 0.2) is 0 Å². The molecule has 0 atom stereocenters. The fourth-order valence-corrected chi connectivity index (χ4v) is 2.38. The standard InChI is InChI=1S/C15H27NO4/c1-11(2)8-9-16-14(17)10-20-13-6-4-12(5-7-13)15(18)19-3/h11-13H,4-10H2,1-3H3,(H,16,17). The van der Waals surface area contributed by atoms with Crippen molar-refractivity contribution >= 4 is 11.9 Å². The fraction of sp³-hybridized carbons (Fsp3) is 0.867. The van der Waals surface area contributed by atoms with Crippen molar-refractivity contribution < 1.29 is 19.1 Å². The van der Waals surface area contributed by atoms with E-state index >= 15 is 0 Å². The highest BCUT2D eigenvalue weighted by molar-refractivity contribution is 5.77. The van der Waals surface area contributed by atoms with Gasteiger partial charge in [0, 0.05) is 6.54 Å². The Morgan fingerprint density at radius 3 is 2.40 bits per heavy atom. The van der Waals surface area contributed by atoms with Crippen LogP contribution in [-0.2, 0) is 19.1 Å². The van der Waals surface area contributed by atoms with Gasteiger partial charge in [-0.05, 0) is 38.0 Å². The summed E-state index contributed by atoms with van der Waals surface area (Å²) in [6, 6.07) is 0. The molecule has 116 valence electrons. The van der Waals surface area contributed by atoms with Crippen LogP contribution in [0.4, 0.5) is 0 Å². The van der Waals surface area contributed by atoms with Crippen molar-refractivity contribution in [3.8, 4) is 0 Å². The highest BCUT2D eigenvalue weighted by Gasteiger charge is 2.27. The van der Waals surface area contributed by atoms with E-state index in [1.54, 1.807) is 0 Å². The molecular weight excluding hydrogens is 258 g/mol. The minimum atomic E-state index is -0.130. The molecule has 0 spiro atoms. The second-order valence-electron chi connectivity index (χ2n) is 5.84. The van der Waals surface area contributed by atoms with Gasteiger partial charge in [-0.2, -0.15) is 0 Å². The summed E-state index contributed by atoms with van der Waals surface area (Å²) in [4.78, 5) is 23.0. The van der Waals surface area contributed by atoms with Crippen molar-refractivity contribution in [1.29, 1.82) is 0 Å². The normalized spacial score (nSPS) is 22.6. The molecule has 5 nitrogen and oxygen atoms in total. The van der Waals surface area contributed by atoms with Gasteiger partial charge in [0.05, 0.1) is 19.1 Å². The van der Waals surface area contributed by atoms with E-state index in [-0.39, 0.29) is 30.5 Å². The Bertz CT molecular complexity index is 309. The Balaban J connectivity index is 2.12. The van der Waals surface area contributed by atoms with E-state index in [9.17, 15) is 9.59 Å². The predicted octanol–water partition coefficient (Wildman–Crippen LogP) is 1.90. The van der Waals surface area contributed by atoms with Gasteiger partial charge in [-0.3, -0.25) is 9.59 Å². The molecule has 1 amide bonds. The van der Waals surface area contributed by atoms with Crippen LogP contribution in [0.25, 0.3) is 0 Å². The lowest BCUT2D eigenvalue weighted by Gasteiger charge is -2.26. The van der Waals surface area contributed by atoms with Crippen molar-refractivity contribution in [3.63, 3.8) is 0 Å². The first-order valence-electron chi connectivity index (χ1n) is 7.49. The van der Waals surface area contributed by atoms with Gasteiger partial charge >= 0.3 is 5.97 Å². The molecule has 1 N–H and O–H groups in total. The number of ether oxygens (including phenoxy) is 2. The molecule has 1 saturated carbocycles. The maximum atomic E-state index is 11.6. The Hall–Kier alpha value is -1.10. The van der Waals surface area contributed by atoms with E-state index in [2.05, 4.69) is 19.2 Å². The van der Waals surface area contributed by atoms with Crippen molar-refractivity contribution in [1.82, 2.24) is 5.32 Å². The molecule has 5 heteroatoms. The maximum Gasteiger partial charge on any atom is 0.308 e. The quantitative estimate of drug-likeness (QED) is 0.726. The van der Waals surface area contributed by atoms with Crippen LogP contribution in [0.1, 0.15) is 46.0 Å². The summed E-state index contributed by atoms with van der Waals surface area (Å²) in [7, 11) is 1.42. The number of methoxy groups -OCH3 is 1. The molecule has 1 rings (SSSR count). The summed E-state index contributed by atoms with van der Waals surface area (Å²) in [5.41, 5.74) is 0. The van der Waals surface area contributed by atoms with Gasteiger partial charge in [-0.25, -0.2) is 0 Å². The Labute approximate surface area is 121 Å². The van der Waals surface area contributed by atoms with Crippen LogP contribution >= 0.6 is 0 Å². The molecule has 0 aromatic carbocycles. The number of carbonyl (C=O) groups is 2. The summed E-state index contributed by atoms with van der Waals surface area (Å²) < 4.78 is 10.3. The van der Waals surface area contributed by atoms with Crippen molar-refractivity contribution in [3.05, 3.63) is 0 Å². The number of hydrogen-bond donors (Lipinski definition) is 1. The predicted molar refractivity (Wildman–Crippen MR) is 76.2 cm³/mol. The molecule has 1 aliphatic rings. The first-order valence-corrected chi connectivity index (χ1v) is 7.49. The molecule has 1 fully saturated rings. The van der Waals surface area contributed by atoms with Crippen molar-refractivity contribution in [2.45, 2.75) is 52.1 Å². The maximum absolute atomic E-state index is 11.6. The lowest BCUT2D eigenvalue weighted by molar-refractivity contribution is -0.148. The molecule has 0 bridgehead atoms. The van der Waals surface area contributed by atoms with E-state index in [0.717, 1.165) is 32.1 Å². The Morgan fingerprint density at radius 1 is 1.20 bits per heavy atom. The first-order chi connectivity index (χ1) is 9.52. The topological polar surface area (TPSA) is 64.6 Å². The van der Waals surface area contributed by atoms with Crippen LogP contribution < -0.4 is 5.32 Å². The smallest absolute Gasteiger partial charge is 0.308 e. The van der Waals surface area contributed by atoms with Crippen molar-refractivity contribution in [2.75, 3.05) is 20.3 Å². The van der Waals surface area contributed by atoms with Crippen molar-refractivity contribution in [2.24, 2.45) is 11.8 Å². The molecule has 0 radical (unpaired) electrons. The summed E-state index contributed by atoms with van der Waals surface area (Å²) in [5.74, 6) is 0.403. The molecule has 0 unspecified atom stereocenters. The number of amides is 1. The summed E-state index contributed by atoms with van der Waals surface area (Å²) in [6.07, 6.45) is 4.28. The summed E-state index contributed by atoms with van der Waals surface area (Å²) in [5, 5.41) is 2.85. The highest BCUT2D eigenvalue weighted by atomic mass is 16.5. The van der Waals surface area contributed by atoms with E-state index in [1.165, 1.54) is 7.11 Å². The van der Waals surface area contributed by atoms with E-state index in [4.69, 9.17) is 9.47 Å². The van der Waals surface area contributed by atoms with Crippen LogP contribution in [0, 0.1) is 11.8 Å². The third-order valence-corrected chi connectivity index (χ3v) is 3.70. The van der Waals surface area contributed by atoms with Crippen LogP contribution in [-0.4, -0.2) is 38.2 Å². The minimum absolute atomic E-state index is 0.000261. The molecule has 0 aliphatic heterocycles. The zero-order valence-electron chi connectivity index (χ0n) is 12.8. The zero-order chi connectivity index (χ0) is 15.0. The Morgan fingerprint density at radius 2 is 1.85 bits per heavy atom. The lowest BCUT2D eigenvalue weighted by Crippen LogP contribution is -2.33. The summed E-state index contributed by atoms with van der Waals surface area (Å²) in [6.45, 7) is 5.07. The molecule has 20 heavy (non-hydrogen) atoms. The van der Waals surface area contributed by atoms with Crippen LogP contribution in [0.15, 0.2) is 0 Å². The molecule has 1 aliphatic carbocycles. The largest absolute Gasteiger partial charge is 0.469 e. The fourth-order valence-electron chi connectivity index (χ4n) is 2.38. The molecular formula is C15H27NO4. The summed E-state index contributed by atoms with van der Waals surface area (Å²) >= 11 is 0. The second-order valence-corrected chi connectivity index (χ2v) is 5.84. The molecule has 0 saturated heterocycles. The number of esters is 1. The zero-order valence-corrected chi connectivity index (χ0v) is 12.8.